The molecule has 0 aromatic heterocycles. The Bertz CT molecular complexity index is 728. The van der Waals surface area contributed by atoms with E-state index in [1.165, 1.54) is 0 Å². The smallest absolute Gasteiger partial charge is 0.399 e. The third kappa shape index (κ3) is 3.03. The molecule has 2 aromatic rings. The van der Waals surface area contributed by atoms with Gasteiger partial charge in [-0.2, -0.15) is 0 Å². The molecule has 5 heteroatoms. The number of halogens is 2. The highest BCUT2D eigenvalue weighted by atomic mass is 35.5. The Hall–Kier alpha value is -0.995. The van der Waals surface area contributed by atoms with E-state index in [-0.39, 0.29) is 0 Å². The predicted molar refractivity (Wildman–Crippen MR) is 97.6 cm³/mol. The van der Waals surface area contributed by atoms with Crippen LogP contribution in [-0.2, 0) is 9.31 Å². The van der Waals surface area contributed by atoms with Gasteiger partial charge in [-0.3, -0.25) is 0 Å². The molecular formula is C18H19BCl2O2. The Balaban J connectivity index is 2.10. The minimum absolute atomic E-state index is 0.397. The lowest BCUT2D eigenvalue weighted by atomic mass is 9.74. The van der Waals surface area contributed by atoms with E-state index >= 15 is 0 Å². The van der Waals surface area contributed by atoms with Crippen molar-refractivity contribution in [2.45, 2.75) is 38.9 Å². The topological polar surface area (TPSA) is 18.5 Å². The number of hydrogen-bond acceptors (Lipinski definition) is 2. The summed E-state index contributed by atoms with van der Waals surface area (Å²) < 4.78 is 12.4. The highest BCUT2D eigenvalue weighted by Crippen LogP contribution is 2.38. The van der Waals surface area contributed by atoms with E-state index in [9.17, 15) is 0 Å². The maximum Gasteiger partial charge on any atom is 0.495 e. The lowest BCUT2D eigenvalue weighted by Crippen LogP contribution is -2.41. The molecule has 1 saturated heterocycles. The van der Waals surface area contributed by atoms with Crippen LogP contribution in [0.2, 0.25) is 10.0 Å². The van der Waals surface area contributed by atoms with Crippen LogP contribution in [0.5, 0.6) is 0 Å². The molecule has 0 spiro atoms. The van der Waals surface area contributed by atoms with E-state index in [0.717, 1.165) is 16.6 Å². The highest BCUT2D eigenvalue weighted by Gasteiger charge is 2.52. The SMILES string of the molecule is CC1(C)OB(c2cccc(Cl)c2-c2cccc(Cl)c2)OC1(C)C. The van der Waals surface area contributed by atoms with E-state index < -0.39 is 18.3 Å². The van der Waals surface area contributed by atoms with Gasteiger partial charge in [-0.05, 0) is 56.9 Å². The minimum atomic E-state index is -0.465. The second kappa shape index (κ2) is 5.82. The molecule has 1 heterocycles. The van der Waals surface area contributed by atoms with Crippen LogP contribution < -0.4 is 5.46 Å². The molecule has 0 N–H and O–H groups in total. The van der Waals surface area contributed by atoms with Crippen molar-refractivity contribution in [3.63, 3.8) is 0 Å². The van der Waals surface area contributed by atoms with E-state index in [1.807, 2.05) is 70.2 Å². The van der Waals surface area contributed by atoms with E-state index in [2.05, 4.69) is 0 Å². The fourth-order valence-electron chi connectivity index (χ4n) is 2.66. The third-order valence-corrected chi connectivity index (χ3v) is 5.22. The van der Waals surface area contributed by atoms with E-state index in [0.29, 0.717) is 10.0 Å². The molecule has 0 unspecified atom stereocenters. The molecule has 1 fully saturated rings. The van der Waals surface area contributed by atoms with Crippen molar-refractivity contribution < 1.29 is 9.31 Å². The lowest BCUT2D eigenvalue weighted by Gasteiger charge is -2.32. The maximum atomic E-state index is 6.48. The highest BCUT2D eigenvalue weighted by molar-refractivity contribution is 6.64. The molecule has 3 rings (SSSR count). The van der Waals surface area contributed by atoms with Crippen LogP contribution in [-0.4, -0.2) is 18.3 Å². The number of rotatable bonds is 2. The van der Waals surface area contributed by atoms with Crippen molar-refractivity contribution in [3.05, 3.63) is 52.5 Å². The van der Waals surface area contributed by atoms with Crippen molar-refractivity contribution in [1.29, 1.82) is 0 Å². The minimum Gasteiger partial charge on any atom is -0.399 e. The molecule has 0 radical (unpaired) electrons. The summed E-state index contributed by atoms with van der Waals surface area (Å²) in [5.41, 5.74) is 1.97. The number of benzene rings is 2. The molecular weight excluding hydrogens is 330 g/mol. The van der Waals surface area contributed by atoms with Gasteiger partial charge in [0.05, 0.1) is 11.2 Å². The molecule has 1 aliphatic heterocycles. The van der Waals surface area contributed by atoms with E-state index in [1.54, 1.807) is 0 Å². The van der Waals surface area contributed by atoms with Crippen molar-refractivity contribution in [1.82, 2.24) is 0 Å². The van der Waals surface area contributed by atoms with Crippen LogP contribution in [0.15, 0.2) is 42.5 Å². The zero-order valence-electron chi connectivity index (χ0n) is 13.7. The molecule has 1 aliphatic rings. The monoisotopic (exact) mass is 348 g/mol. The van der Waals surface area contributed by atoms with Gasteiger partial charge in [-0.25, -0.2) is 0 Å². The third-order valence-electron chi connectivity index (χ3n) is 4.67. The van der Waals surface area contributed by atoms with Gasteiger partial charge in [0.2, 0.25) is 0 Å². The first-order chi connectivity index (χ1) is 10.7. The van der Waals surface area contributed by atoms with Gasteiger partial charge >= 0.3 is 7.12 Å². The van der Waals surface area contributed by atoms with Crippen LogP contribution in [0.4, 0.5) is 0 Å². The van der Waals surface area contributed by atoms with Crippen LogP contribution >= 0.6 is 23.2 Å². The van der Waals surface area contributed by atoms with Gasteiger partial charge in [-0.1, -0.05) is 47.5 Å². The van der Waals surface area contributed by atoms with Gasteiger partial charge < -0.3 is 9.31 Å². The average molecular weight is 349 g/mol. The molecule has 2 nitrogen and oxygen atoms in total. The zero-order valence-corrected chi connectivity index (χ0v) is 15.2. The van der Waals surface area contributed by atoms with Crippen LogP contribution in [0.25, 0.3) is 11.1 Å². The summed E-state index contributed by atoms with van der Waals surface area (Å²) in [4.78, 5) is 0. The molecule has 120 valence electrons. The predicted octanol–water partition coefficient (Wildman–Crippen LogP) is 4.96. The Morgan fingerprint density at radius 3 is 2.09 bits per heavy atom. The first-order valence-corrected chi connectivity index (χ1v) is 8.37. The fraction of sp³-hybridized carbons (Fsp3) is 0.333. The summed E-state index contributed by atoms with van der Waals surface area (Å²) in [6.07, 6.45) is 0. The normalized spacial score (nSPS) is 19.1. The summed E-state index contributed by atoms with van der Waals surface area (Å²) in [6.45, 7) is 8.15. The lowest BCUT2D eigenvalue weighted by molar-refractivity contribution is 0.00578. The molecule has 0 saturated carbocycles. The molecule has 23 heavy (non-hydrogen) atoms. The quantitative estimate of drug-likeness (QED) is 0.714. The first kappa shape index (κ1) is 16.8. The van der Waals surface area contributed by atoms with Gasteiger partial charge in [0.25, 0.3) is 0 Å². The van der Waals surface area contributed by atoms with Gasteiger partial charge in [-0.15, -0.1) is 0 Å². The Morgan fingerprint density at radius 2 is 1.48 bits per heavy atom. The maximum absolute atomic E-state index is 6.48. The molecule has 0 atom stereocenters. The van der Waals surface area contributed by atoms with E-state index in [4.69, 9.17) is 32.5 Å². The van der Waals surface area contributed by atoms with Crippen molar-refractivity contribution in [2.24, 2.45) is 0 Å². The summed E-state index contributed by atoms with van der Waals surface area (Å²) in [6, 6.07) is 13.4. The van der Waals surface area contributed by atoms with Crippen LogP contribution in [0.1, 0.15) is 27.7 Å². The second-order valence-corrected chi connectivity index (χ2v) is 7.65. The Labute approximate surface area is 147 Å². The molecule has 0 amide bonds. The zero-order chi connectivity index (χ0) is 16.8. The van der Waals surface area contributed by atoms with Crippen molar-refractivity contribution in [2.75, 3.05) is 0 Å². The summed E-state index contributed by atoms with van der Waals surface area (Å²) in [7, 11) is -0.465. The fourth-order valence-corrected chi connectivity index (χ4v) is 3.14. The standard InChI is InChI=1S/C18H19BCl2O2/c1-17(2)18(3,4)23-19(22-17)14-9-6-10-15(21)16(14)12-7-5-8-13(20)11-12/h5-11H,1-4H3. The van der Waals surface area contributed by atoms with Crippen molar-refractivity contribution >= 4 is 35.8 Å². The molecule has 2 aromatic carbocycles. The molecule has 0 aliphatic carbocycles. The first-order valence-electron chi connectivity index (χ1n) is 7.61. The largest absolute Gasteiger partial charge is 0.495 e. The average Bonchev–Trinajstić information content (AvgIpc) is 2.67. The Morgan fingerprint density at radius 1 is 0.870 bits per heavy atom. The van der Waals surface area contributed by atoms with Crippen molar-refractivity contribution in [3.8, 4) is 11.1 Å². The summed E-state index contributed by atoms with van der Waals surface area (Å²) >= 11 is 12.6. The van der Waals surface area contributed by atoms with Crippen LogP contribution in [0, 0.1) is 0 Å². The van der Waals surface area contributed by atoms with Gasteiger partial charge in [0, 0.05) is 15.6 Å². The summed E-state index contributed by atoms with van der Waals surface area (Å²) in [5.74, 6) is 0. The van der Waals surface area contributed by atoms with Crippen LogP contribution in [0.3, 0.4) is 0 Å². The molecule has 0 bridgehead atoms. The Kier molecular flexibility index (Phi) is 4.26. The summed E-state index contributed by atoms with van der Waals surface area (Å²) in [5, 5.41) is 1.32. The number of hydrogen-bond donors (Lipinski definition) is 0. The van der Waals surface area contributed by atoms with Gasteiger partial charge in [0.1, 0.15) is 0 Å². The second-order valence-electron chi connectivity index (χ2n) is 6.80. The van der Waals surface area contributed by atoms with Gasteiger partial charge in [0.15, 0.2) is 0 Å².